The maximum absolute atomic E-state index is 12.4. The number of hydrogen-bond acceptors (Lipinski definition) is 3. The van der Waals surface area contributed by atoms with Gasteiger partial charge in [-0.15, -0.1) is 0 Å². The lowest BCUT2D eigenvalue weighted by molar-refractivity contribution is 0.0692. The normalized spacial score (nSPS) is 11.2. The van der Waals surface area contributed by atoms with E-state index in [2.05, 4.69) is 11.6 Å². The Hall–Kier alpha value is -2.34. The minimum Gasteiger partial charge on any atom is -0.478 e. The molecule has 0 unspecified atom stereocenters. The first-order valence-electron chi connectivity index (χ1n) is 7.38. The molecule has 2 aromatic carbocycles. The number of hydrogen-bond donors (Lipinski definition) is 2. The van der Waals surface area contributed by atoms with Crippen LogP contribution in [0.3, 0.4) is 0 Å². The van der Waals surface area contributed by atoms with Crippen molar-refractivity contribution >= 4 is 21.7 Å². The van der Waals surface area contributed by atoms with E-state index in [4.69, 9.17) is 5.11 Å². The van der Waals surface area contributed by atoms with Crippen LogP contribution in [0, 0.1) is 0 Å². The Morgan fingerprint density at radius 2 is 1.74 bits per heavy atom. The molecule has 0 atom stereocenters. The van der Waals surface area contributed by atoms with E-state index in [1.54, 1.807) is 12.1 Å². The molecule has 0 heterocycles. The Kier molecular flexibility index (Phi) is 5.39. The van der Waals surface area contributed by atoms with E-state index in [1.165, 1.54) is 24.3 Å². The van der Waals surface area contributed by atoms with Crippen LogP contribution in [0.25, 0.3) is 0 Å². The summed E-state index contributed by atoms with van der Waals surface area (Å²) in [4.78, 5) is 10.9. The highest BCUT2D eigenvalue weighted by Crippen LogP contribution is 2.20. The molecule has 2 rings (SSSR count). The molecule has 0 spiro atoms. The SMILES string of the molecule is CCCCc1ccc(NS(=O)(=O)c2ccccc2C(=O)O)cc1. The first kappa shape index (κ1) is 17.0. The van der Waals surface area contributed by atoms with Crippen LogP contribution < -0.4 is 4.72 Å². The van der Waals surface area contributed by atoms with Gasteiger partial charge in [0.2, 0.25) is 0 Å². The zero-order valence-electron chi connectivity index (χ0n) is 12.8. The van der Waals surface area contributed by atoms with Crippen molar-refractivity contribution in [3.8, 4) is 0 Å². The van der Waals surface area contributed by atoms with Crippen LogP contribution in [0.5, 0.6) is 0 Å². The van der Waals surface area contributed by atoms with Crippen molar-refractivity contribution in [2.45, 2.75) is 31.1 Å². The number of carboxylic acid groups (broad SMARTS) is 1. The minimum atomic E-state index is -3.95. The van der Waals surface area contributed by atoms with Crippen LogP contribution in [0.1, 0.15) is 35.7 Å². The molecular formula is C17H19NO4S. The number of aromatic carboxylic acids is 1. The number of sulfonamides is 1. The molecule has 0 amide bonds. The van der Waals surface area contributed by atoms with Gasteiger partial charge in [0.05, 0.1) is 5.56 Å². The minimum absolute atomic E-state index is 0.248. The molecule has 23 heavy (non-hydrogen) atoms. The molecule has 6 heteroatoms. The summed E-state index contributed by atoms with van der Waals surface area (Å²) in [7, 11) is -3.95. The van der Waals surface area contributed by atoms with Gasteiger partial charge < -0.3 is 5.11 Å². The van der Waals surface area contributed by atoms with Crippen LogP contribution in [-0.2, 0) is 16.4 Å². The lowest BCUT2D eigenvalue weighted by Crippen LogP contribution is -2.16. The maximum atomic E-state index is 12.4. The summed E-state index contributed by atoms with van der Waals surface area (Å²) in [5.74, 6) is -1.28. The van der Waals surface area contributed by atoms with Crippen LogP contribution in [-0.4, -0.2) is 19.5 Å². The fourth-order valence-electron chi connectivity index (χ4n) is 2.21. The van der Waals surface area contributed by atoms with Gasteiger partial charge in [0, 0.05) is 5.69 Å². The van der Waals surface area contributed by atoms with Gasteiger partial charge in [-0.25, -0.2) is 13.2 Å². The van der Waals surface area contributed by atoms with E-state index >= 15 is 0 Å². The third kappa shape index (κ3) is 4.32. The Bertz CT molecular complexity index is 782. The van der Waals surface area contributed by atoms with Crippen LogP contribution in [0.4, 0.5) is 5.69 Å². The van der Waals surface area contributed by atoms with Crippen LogP contribution in [0.2, 0.25) is 0 Å². The largest absolute Gasteiger partial charge is 0.478 e. The molecule has 2 N–H and O–H groups in total. The smallest absolute Gasteiger partial charge is 0.337 e. The molecule has 0 radical (unpaired) electrons. The number of carbonyl (C=O) groups is 1. The summed E-state index contributed by atoms with van der Waals surface area (Å²) in [6, 6.07) is 12.6. The first-order valence-corrected chi connectivity index (χ1v) is 8.86. The summed E-state index contributed by atoms with van der Waals surface area (Å²) in [6.07, 6.45) is 3.13. The standard InChI is InChI=1S/C17H19NO4S/c1-2-3-6-13-9-11-14(12-10-13)18-23(21,22)16-8-5-4-7-15(16)17(19)20/h4-5,7-12,18H,2-3,6H2,1H3,(H,19,20). The van der Waals surface area contributed by atoms with Gasteiger partial charge in [0.25, 0.3) is 10.0 Å². The van der Waals surface area contributed by atoms with E-state index < -0.39 is 16.0 Å². The topological polar surface area (TPSA) is 83.5 Å². The highest BCUT2D eigenvalue weighted by Gasteiger charge is 2.21. The highest BCUT2D eigenvalue weighted by atomic mass is 32.2. The molecule has 0 aliphatic carbocycles. The van der Waals surface area contributed by atoms with E-state index in [1.807, 2.05) is 12.1 Å². The molecule has 0 bridgehead atoms. The maximum Gasteiger partial charge on any atom is 0.337 e. The summed E-state index contributed by atoms with van der Waals surface area (Å²) in [5.41, 5.74) is 1.30. The zero-order chi connectivity index (χ0) is 16.9. The quantitative estimate of drug-likeness (QED) is 0.812. The van der Waals surface area contributed by atoms with Crippen molar-refractivity contribution in [1.82, 2.24) is 0 Å². The molecule has 0 saturated heterocycles. The molecule has 2 aromatic rings. The van der Waals surface area contributed by atoms with Crippen LogP contribution >= 0.6 is 0 Å². The van der Waals surface area contributed by atoms with Crippen molar-refractivity contribution in [3.05, 3.63) is 59.7 Å². The monoisotopic (exact) mass is 333 g/mol. The predicted molar refractivity (Wildman–Crippen MR) is 89.3 cm³/mol. The number of rotatable bonds is 7. The van der Waals surface area contributed by atoms with Gasteiger partial charge in [0.1, 0.15) is 4.90 Å². The Morgan fingerprint density at radius 3 is 2.35 bits per heavy atom. The van der Waals surface area contributed by atoms with Crippen molar-refractivity contribution in [1.29, 1.82) is 0 Å². The molecular weight excluding hydrogens is 314 g/mol. The second-order valence-electron chi connectivity index (χ2n) is 5.21. The van der Waals surface area contributed by atoms with Gasteiger partial charge in [-0.05, 0) is 42.7 Å². The number of benzene rings is 2. The number of carboxylic acids is 1. The predicted octanol–water partition coefficient (Wildman–Crippen LogP) is 3.53. The Labute approximate surface area is 136 Å². The molecule has 122 valence electrons. The van der Waals surface area contributed by atoms with Gasteiger partial charge in [0.15, 0.2) is 0 Å². The lowest BCUT2D eigenvalue weighted by Gasteiger charge is -2.11. The lowest BCUT2D eigenvalue weighted by atomic mass is 10.1. The van der Waals surface area contributed by atoms with E-state index in [9.17, 15) is 13.2 Å². The second kappa shape index (κ2) is 7.28. The fraction of sp³-hybridized carbons (Fsp3) is 0.235. The summed E-state index contributed by atoms with van der Waals surface area (Å²) < 4.78 is 27.2. The third-order valence-electron chi connectivity index (χ3n) is 3.43. The van der Waals surface area contributed by atoms with Crippen LogP contribution in [0.15, 0.2) is 53.4 Å². The van der Waals surface area contributed by atoms with E-state index in [0.717, 1.165) is 24.8 Å². The average molecular weight is 333 g/mol. The molecule has 0 aromatic heterocycles. The average Bonchev–Trinajstić information content (AvgIpc) is 2.54. The number of aryl methyl sites for hydroxylation is 1. The van der Waals surface area contributed by atoms with Gasteiger partial charge >= 0.3 is 5.97 Å². The number of unbranched alkanes of at least 4 members (excludes halogenated alkanes) is 1. The first-order chi connectivity index (χ1) is 10.9. The van der Waals surface area contributed by atoms with Crippen molar-refractivity contribution in [2.75, 3.05) is 4.72 Å². The highest BCUT2D eigenvalue weighted by molar-refractivity contribution is 7.92. The summed E-state index contributed by atoms with van der Waals surface area (Å²) in [6.45, 7) is 2.11. The molecule has 0 aliphatic rings. The molecule has 0 saturated carbocycles. The molecule has 0 fully saturated rings. The van der Waals surface area contributed by atoms with Crippen molar-refractivity contribution < 1.29 is 18.3 Å². The zero-order valence-corrected chi connectivity index (χ0v) is 13.6. The summed E-state index contributed by atoms with van der Waals surface area (Å²) in [5, 5.41) is 9.12. The fourth-order valence-corrected chi connectivity index (χ4v) is 3.47. The molecule has 5 nitrogen and oxygen atoms in total. The Morgan fingerprint density at radius 1 is 1.09 bits per heavy atom. The van der Waals surface area contributed by atoms with Gasteiger partial charge in [-0.3, -0.25) is 4.72 Å². The second-order valence-corrected chi connectivity index (χ2v) is 6.86. The Balaban J connectivity index is 2.23. The molecule has 0 aliphatic heterocycles. The van der Waals surface area contributed by atoms with E-state index in [0.29, 0.717) is 5.69 Å². The van der Waals surface area contributed by atoms with Crippen molar-refractivity contribution in [3.63, 3.8) is 0 Å². The van der Waals surface area contributed by atoms with Crippen molar-refractivity contribution in [2.24, 2.45) is 0 Å². The van der Waals surface area contributed by atoms with E-state index in [-0.39, 0.29) is 10.5 Å². The number of nitrogens with one attached hydrogen (secondary N) is 1. The number of anilines is 1. The third-order valence-corrected chi connectivity index (χ3v) is 4.87. The van der Waals surface area contributed by atoms with Gasteiger partial charge in [-0.1, -0.05) is 37.6 Å². The van der Waals surface area contributed by atoms with Gasteiger partial charge in [-0.2, -0.15) is 0 Å². The summed E-state index contributed by atoms with van der Waals surface area (Å²) >= 11 is 0.